The Hall–Kier alpha value is -1.82. The average molecular weight is 267 g/mol. The second-order valence-corrected chi connectivity index (χ2v) is 4.08. The van der Waals surface area contributed by atoms with E-state index in [1.165, 1.54) is 0 Å². The van der Waals surface area contributed by atoms with Crippen molar-refractivity contribution in [2.75, 3.05) is 6.54 Å². The summed E-state index contributed by atoms with van der Waals surface area (Å²) in [6, 6.07) is 9.06. The third kappa shape index (κ3) is 3.35. The SMILES string of the molecule is CCCNC(c1ccccc1)c1nnc(C(F)F)o1. The lowest BCUT2D eigenvalue weighted by atomic mass is 10.1. The number of halogens is 2. The van der Waals surface area contributed by atoms with Gasteiger partial charge in [-0.15, -0.1) is 10.2 Å². The molecule has 0 fully saturated rings. The zero-order valence-corrected chi connectivity index (χ0v) is 10.5. The van der Waals surface area contributed by atoms with Crippen molar-refractivity contribution >= 4 is 0 Å². The van der Waals surface area contributed by atoms with Gasteiger partial charge in [-0.3, -0.25) is 0 Å². The van der Waals surface area contributed by atoms with Crippen molar-refractivity contribution in [3.8, 4) is 0 Å². The molecule has 6 heteroatoms. The molecular weight excluding hydrogens is 252 g/mol. The van der Waals surface area contributed by atoms with Gasteiger partial charge in [0, 0.05) is 0 Å². The van der Waals surface area contributed by atoms with E-state index in [2.05, 4.69) is 15.5 Å². The molecule has 0 aliphatic carbocycles. The smallest absolute Gasteiger partial charge is 0.314 e. The Morgan fingerprint density at radius 1 is 1.16 bits per heavy atom. The van der Waals surface area contributed by atoms with Gasteiger partial charge in [0.25, 0.3) is 5.89 Å². The van der Waals surface area contributed by atoms with Gasteiger partial charge in [0.05, 0.1) is 0 Å². The van der Waals surface area contributed by atoms with Crippen molar-refractivity contribution in [2.45, 2.75) is 25.8 Å². The molecule has 1 aromatic heterocycles. The molecule has 19 heavy (non-hydrogen) atoms. The standard InChI is InChI=1S/C13H15F2N3O/c1-2-8-16-10(9-6-4-3-5-7-9)12-17-18-13(19-12)11(14)15/h3-7,10-11,16H,2,8H2,1H3. The van der Waals surface area contributed by atoms with Crippen LogP contribution in [0.3, 0.4) is 0 Å². The summed E-state index contributed by atoms with van der Waals surface area (Å²) in [6.07, 6.45) is -1.83. The van der Waals surface area contributed by atoms with E-state index in [0.29, 0.717) is 0 Å². The van der Waals surface area contributed by atoms with E-state index in [1.54, 1.807) is 0 Å². The number of alkyl halides is 2. The summed E-state index contributed by atoms with van der Waals surface area (Å²) in [7, 11) is 0. The minimum atomic E-state index is -2.75. The molecule has 1 heterocycles. The van der Waals surface area contributed by atoms with Crippen molar-refractivity contribution in [2.24, 2.45) is 0 Å². The Morgan fingerprint density at radius 3 is 2.42 bits per heavy atom. The molecule has 102 valence electrons. The predicted octanol–water partition coefficient (Wildman–Crippen LogP) is 3.10. The summed E-state index contributed by atoms with van der Waals surface area (Å²) >= 11 is 0. The molecule has 0 radical (unpaired) electrons. The molecule has 0 spiro atoms. The minimum absolute atomic E-state index is 0.162. The maximum absolute atomic E-state index is 12.5. The molecule has 0 aliphatic rings. The fraction of sp³-hybridized carbons (Fsp3) is 0.385. The van der Waals surface area contributed by atoms with Crippen LogP contribution in [-0.4, -0.2) is 16.7 Å². The Balaban J connectivity index is 2.26. The fourth-order valence-corrected chi connectivity index (χ4v) is 1.73. The third-order valence-corrected chi connectivity index (χ3v) is 2.62. The monoisotopic (exact) mass is 267 g/mol. The van der Waals surface area contributed by atoms with E-state index in [1.807, 2.05) is 37.3 Å². The van der Waals surface area contributed by atoms with Gasteiger partial charge in [0.2, 0.25) is 5.89 Å². The van der Waals surface area contributed by atoms with Gasteiger partial charge >= 0.3 is 6.43 Å². The minimum Gasteiger partial charge on any atom is -0.418 e. The first-order chi connectivity index (χ1) is 9.22. The van der Waals surface area contributed by atoms with Crippen LogP contribution in [0.2, 0.25) is 0 Å². The summed E-state index contributed by atoms with van der Waals surface area (Å²) in [4.78, 5) is 0. The van der Waals surface area contributed by atoms with E-state index in [0.717, 1.165) is 18.5 Å². The van der Waals surface area contributed by atoms with Crippen LogP contribution < -0.4 is 5.32 Å². The van der Waals surface area contributed by atoms with Crippen molar-refractivity contribution < 1.29 is 13.2 Å². The van der Waals surface area contributed by atoms with Gasteiger partial charge < -0.3 is 9.73 Å². The van der Waals surface area contributed by atoms with Crippen LogP contribution in [0.4, 0.5) is 8.78 Å². The maximum atomic E-state index is 12.5. The highest BCUT2D eigenvalue weighted by Crippen LogP contribution is 2.24. The van der Waals surface area contributed by atoms with Gasteiger partial charge in [-0.25, -0.2) is 0 Å². The van der Waals surface area contributed by atoms with Crippen LogP contribution in [-0.2, 0) is 0 Å². The molecule has 1 aromatic carbocycles. The molecular formula is C13H15F2N3O. The third-order valence-electron chi connectivity index (χ3n) is 2.62. The molecule has 0 aliphatic heterocycles. The Morgan fingerprint density at radius 2 is 1.84 bits per heavy atom. The molecule has 1 atom stereocenters. The first kappa shape index (κ1) is 13.6. The highest BCUT2D eigenvalue weighted by Gasteiger charge is 2.23. The zero-order valence-electron chi connectivity index (χ0n) is 10.5. The van der Waals surface area contributed by atoms with Gasteiger partial charge in [-0.2, -0.15) is 8.78 Å². The molecule has 4 nitrogen and oxygen atoms in total. The fourth-order valence-electron chi connectivity index (χ4n) is 1.73. The number of hydrogen-bond donors (Lipinski definition) is 1. The van der Waals surface area contributed by atoms with E-state index >= 15 is 0 Å². The van der Waals surface area contributed by atoms with E-state index in [-0.39, 0.29) is 11.9 Å². The number of nitrogens with one attached hydrogen (secondary N) is 1. The van der Waals surface area contributed by atoms with Crippen LogP contribution in [0.1, 0.15) is 43.2 Å². The number of aromatic nitrogens is 2. The second-order valence-electron chi connectivity index (χ2n) is 4.08. The van der Waals surface area contributed by atoms with E-state index in [4.69, 9.17) is 4.42 Å². The number of benzene rings is 1. The van der Waals surface area contributed by atoms with Crippen LogP contribution in [0.15, 0.2) is 34.7 Å². The quantitative estimate of drug-likeness (QED) is 0.873. The maximum Gasteiger partial charge on any atom is 0.314 e. The normalized spacial score (nSPS) is 12.8. The summed E-state index contributed by atoms with van der Waals surface area (Å²) in [5.41, 5.74) is 0.903. The van der Waals surface area contributed by atoms with Gasteiger partial charge in [0.1, 0.15) is 6.04 Å². The first-order valence-corrected chi connectivity index (χ1v) is 6.12. The first-order valence-electron chi connectivity index (χ1n) is 6.12. The van der Waals surface area contributed by atoms with Gasteiger partial charge in [-0.05, 0) is 18.5 Å². The lowest BCUT2D eigenvalue weighted by molar-refractivity contribution is 0.112. The Kier molecular flexibility index (Phi) is 4.57. The largest absolute Gasteiger partial charge is 0.418 e. The van der Waals surface area contributed by atoms with Crippen molar-refractivity contribution in [3.63, 3.8) is 0 Å². The summed E-state index contributed by atoms with van der Waals surface area (Å²) < 4.78 is 30.0. The molecule has 1 unspecified atom stereocenters. The molecule has 0 saturated heterocycles. The van der Waals surface area contributed by atoms with E-state index in [9.17, 15) is 8.78 Å². The van der Waals surface area contributed by atoms with Gasteiger partial charge in [0.15, 0.2) is 0 Å². The summed E-state index contributed by atoms with van der Waals surface area (Å²) in [5, 5.41) is 10.3. The van der Waals surface area contributed by atoms with Crippen molar-refractivity contribution in [3.05, 3.63) is 47.7 Å². The van der Waals surface area contributed by atoms with E-state index < -0.39 is 12.3 Å². The second kappa shape index (κ2) is 6.38. The van der Waals surface area contributed by atoms with Crippen molar-refractivity contribution in [1.29, 1.82) is 0 Å². The highest BCUT2D eigenvalue weighted by atomic mass is 19.3. The molecule has 0 saturated carbocycles. The molecule has 1 N–H and O–H groups in total. The average Bonchev–Trinajstić information content (AvgIpc) is 2.90. The zero-order chi connectivity index (χ0) is 13.7. The molecule has 0 amide bonds. The topological polar surface area (TPSA) is 51.0 Å². The van der Waals surface area contributed by atoms with Crippen LogP contribution in [0, 0.1) is 0 Å². The Labute approximate surface area is 109 Å². The highest BCUT2D eigenvalue weighted by molar-refractivity contribution is 5.23. The summed E-state index contributed by atoms with van der Waals surface area (Å²) in [5.74, 6) is -0.482. The predicted molar refractivity (Wildman–Crippen MR) is 65.8 cm³/mol. The Bertz CT molecular complexity index is 502. The molecule has 0 bridgehead atoms. The van der Waals surface area contributed by atoms with Crippen LogP contribution in [0.5, 0.6) is 0 Å². The van der Waals surface area contributed by atoms with Crippen LogP contribution in [0.25, 0.3) is 0 Å². The molecule has 2 aromatic rings. The number of hydrogen-bond acceptors (Lipinski definition) is 4. The number of rotatable bonds is 6. The van der Waals surface area contributed by atoms with Crippen molar-refractivity contribution in [1.82, 2.24) is 15.5 Å². The lowest BCUT2D eigenvalue weighted by Gasteiger charge is -2.14. The summed E-state index contributed by atoms with van der Waals surface area (Å²) in [6.45, 7) is 2.75. The lowest BCUT2D eigenvalue weighted by Crippen LogP contribution is -2.23. The number of nitrogens with zero attached hydrogens (tertiary/aromatic N) is 2. The van der Waals surface area contributed by atoms with Crippen LogP contribution >= 0.6 is 0 Å². The van der Waals surface area contributed by atoms with Gasteiger partial charge in [-0.1, -0.05) is 37.3 Å². The molecule has 2 rings (SSSR count).